The van der Waals surface area contributed by atoms with E-state index in [9.17, 15) is 19.2 Å². The minimum atomic E-state index is -0.604. The molecule has 0 saturated carbocycles. The minimum Gasteiger partial charge on any atom is -0.458 e. The van der Waals surface area contributed by atoms with Crippen molar-refractivity contribution in [3.8, 4) is 0 Å². The largest absolute Gasteiger partial charge is 0.458 e. The lowest BCUT2D eigenvalue weighted by Gasteiger charge is -2.32. The number of hydrogen-bond donors (Lipinski definition) is 0. The van der Waals surface area contributed by atoms with Gasteiger partial charge in [-0.15, -0.1) is 0 Å². The number of nitrogens with zero attached hydrogens (tertiary/aromatic N) is 2. The van der Waals surface area contributed by atoms with E-state index in [0.717, 1.165) is 12.8 Å². The third kappa shape index (κ3) is 6.20. The molecule has 2 saturated heterocycles. The first-order valence-corrected chi connectivity index (χ1v) is 11.5. The lowest BCUT2D eigenvalue weighted by atomic mass is 10.1. The van der Waals surface area contributed by atoms with Gasteiger partial charge in [0.05, 0.1) is 0 Å². The van der Waals surface area contributed by atoms with E-state index in [4.69, 9.17) is 4.74 Å². The van der Waals surface area contributed by atoms with Crippen LogP contribution in [0.25, 0.3) is 0 Å². The van der Waals surface area contributed by atoms with Crippen LogP contribution in [0, 0.1) is 5.92 Å². The first kappa shape index (κ1) is 23.7. The molecule has 0 bridgehead atoms. The predicted molar refractivity (Wildman–Crippen MR) is 112 cm³/mol. The minimum absolute atomic E-state index is 0.0657. The van der Waals surface area contributed by atoms with Gasteiger partial charge in [-0.25, -0.2) is 4.79 Å². The molecule has 3 atom stereocenters. The Morgan fingerprint density at radius 2 is 1.62 bits per heavy atom. The second kappa shape index (κ2) is 9.96. The summed E-state index contributed by atoms with van der Waals surface area (Å²) >= 11 is 1.17. The molecule has 2 aliphatic heterocycles. The number of ether oxygens (including phenoxy) is 1. The zero-order chi connectivity index (χ0) is 21.8. The molecule has 2 aliphatic rings. The third-order valence-corrected chi connectivity index (χ3v) is 6.52. The van der Waals surface area contributed by atoms with Crippen molar-refractivity contribution in [2.24, 2.45) is 5.92 Å². The zero-order valence-electron chi connectivity index (χ0n) is 18.2. The number of carbonyl (C=O) groups excluding carboxylic acids is 4. The van der Waals surface area contributed by atoms with E-state index in [1.807, 2.05) is 20.8 Å². The van der Waals surface area contributed by atoms with Crippen LogP contribution in [0.3, 0.4) is 0 Å². The van der Waals surface area contributed by atoms with Gasteiger partial charge in [-0.1, -0.05) is 25.6 Å². The van der Waals surface area contributed by atoms with Crippen molar-refractivity contribution in [3.05, 3.63) is 0 Å². The van der Waals surface area contributed by atoms with Crippen molar-refractivity contribution in [2.75, 3.05) is 18.8 Å². The van der Waals surface area contributed by atoms with Crippen molar-refractivity contribution >= 4 is 34.7 Å². The summed E-state index contributed by atoms with van der Waals surface area (Å²) in [6.45, 7) is 10.1. The molecule has 0 aromatic rings. The van der Waals surface area contributed by atoms with Gasteiger partial charge in [0.2, 0.25) is 11.8 Å². The highest BCUT2D eigenvalue weighted by atomic mass is 32.2. The molecule has 0 N–H and O–H groups in total. The summed E-state index contributed by atoms with van der Waals surface area (Å²) < 4.78 is 5.49. The van der Waals surface area contributed by atoms with Crippen LogP contribution >= 0.6 is 11.8 Å². The number of carbonyl (C=O) groups is 4. The van der Waals surface area contributed by atoms with Crippen LogP contribution in [0.2, 0.25) is 0 Å². The Hall–Kier alpha value is -1.57. The number of hydrogen-bond acceptors (Lipinski definition) is 6. The van der Waals surface area contributed by atoms with Crippen molar-refractivity contribution in [1.29, 1.82) is 0 Å². The van der Waals surface area contributed by atoms with Gasteiger partial charge in [-0.2, -0.15) is 0 Å². The second-order valence-electron chi connectivity index (χ2n) is 8.85. The smallest absolute Gasteiger partial charge is 0.329 e. The quantitative estimate of drug-likeness (QED) is 0.607. The van der Waals surface area contributed by atoms with E-state index in [1.165, 1.54) is 11.8 Å². The Balaban J connectivity index is 2.04. The molecule has 0 aromatic carbocycles. The molecule has 164 valence electrons. The maximum Gasteiger partial charge on any atom is 0.329 e. The highest BCUT2D eigenvalue weighted by molar-refractivity contribution is 8.13. The molecular formula is C21H34N2O5S. The van der Waals surface area contributed by atoms with E-state index in [0.29, 0.717) is 38.1 Å². The summed E-state index contributed by atoms with van der Waals surface area (Å²) in [6, 6.07) is -1.10. The summed E-state index contributed by atoms with van der Waals surface area (Å²) in [5, 5.41) is 0.0657. The first-order chi connectivity index (χ1) is 13.5. The molecule has 7 nitrogen and oxygen atoms in total. The van der Waals surface area contributed by atoms with Gasteiger partial charge in [0.15, 0.2) is 5.12 Å². The summed E-state index contributed by atoms with van der Waals surface area (Å²) in [5.41, 5.74) is -0.604. The number of esters is 1. The molecular weight excluding hydrogens is 392 g/mol. The number of rotatable bonds is 6. The average molecular weight is 427 g/mol. The Bertz CT molecular complexity index is 645. The maximum absolute atomic E-state index is 13.2. The van der Waals surface area contributed by atoms with Crippen LogP contribution < -0.4 is 0 Å². The van der Waals surface area contributed by atoms with E-state index in [2.05, 4.69) is 0 Å². The van der Waals surface area contributed by atoms with E-state index >= 15 is 0 Å². The molecule has 29 heavy (non-hydrogen) atoms. The van der Waals surface area contributed by atoms with Crippen molar-refractivity contribution in [1.82, 2.24) is 9.80 Å². The fourth-order valence-electron chi connectivity index (χ4n) is 3.80. The fraction of sp³-hybridized carbons (Fsp3) is 0.810. The van der Waals surface area contributed by atoms with Gasteiger partial charge in [0.25, 0.3) is 0 Å². The Morgan fingerprint density at radius 1 is 1.03 bits per heavy atom. The van der Waals surface area contributed by atoms with Gasteiger partial charge in [0.1, 0.15) is 17.7 Å². The highest BCUT2D eigenvalue weighted by Crippen LogP contribution is 2.28. The monoisotopic (exact) mass is 426 g/mol. The van der Waals surface area contributed by atoms with E-state index in [-0.39, 0.29) is 28.8 Å². The van der Waals surface area contributed by atoms with Gasteiger partial charge < -0.3 is 14.5 Å². The number of likely N-dealkylation sites (tertiary alicyclic amines) is 2. The van der Waals surface area contributed by atoms with Crippen LogP contribution in [0.1, 0.15) is 66.7 Å². The standard InChI is InChI=1S/C21H34N2O5S/c1-6-17(24)29-13-14(2)18(25)22-11-7-9-15(22)19(26)23-12-8-10-16(23)20(27)28-21(3,4)5/h14-16H,6-13H2,1-5H3/t14?,15-,16-/m0/s1. The van der Waals surface area contributed by atoms with Gasteiger partial charge in [-0.05, 0) is 46.5 Å². The summed E-state index contributed by atoms with van der Waals surface area (Å²) in [4.78, 5) is 53.5. The normalized spacial score (nSPS) is 23.2. The van der Waals surface area contributed by atoms with Crippen LogP contribution in [0.4, 0.5) is 0 Å². The maximum atomic E-state index is 13.2. The highest BCUT2D eigenvalue weighted by Gasteiger charge is 2.43. The summed E-state index contributed by atoms with van der Waals surface area (Å²) in [5.74, 6) is -0.530. The van der Waals surface area contributed by atoms with Crippen molar-refractivity contribution in [3.63, 3.8) is 0 Å². The SMILES string of the molecule is CCC(=O)SCC(C)C(=O)N1CCC[C@H]1C(=O)N1CCC[C@H]1C(=O)OC(C)(C)C. The van der Waals surface area contributed by atoms with E-state index < -0.39 is 17.7 Å². The Labute approximate surface area is 177 Å². The summed E-state index contributed by atoms with van der Waals surface area (Å²) in [6.07, 6.45) is 3.16. The molecule has 2 fully saturated rings. The van der Waals surface area contributed by atoms with Crippen LogP contribution in [-0.4, -0.2) is 69.2 Å². The topological polar surface area (TPSA) is 84.0 Å². The molecule has 1 unspecified atom stereocenters. The van der Waals surface area contributed by atoms with Crippen molar-refractivity contribution < 1.29 is 23.9 Å². The van der Waals surface area contributed by atoms with Gasteiger partial charge in [-0.3, -0.25) is 14.4 Å². The van der Waals surface area contributed by atoms with Crippen LogP contribution in [-0.2, 0) is 23.9 Å². The first-order valence-electron chi connectivity index (χ1n) is 10.5. The van der Waals surface area contributed by atoms with E-state index in [1.54, 1.807) is 23.6 Å². The van der Waals surface area contributed by atoms with Gasteiger partial charge in [0, 0.05) is 31.2 Å². The predicted octanol–water partition coefficient (Wildman–Crippen LogP) is 2.62. The molecule has 2 rings (SSSR count). The Morgan fingerprint density at radius 3 is 2.21 bits per heavy atom. The lowest BCUT2D eigenvalue weighted by molar-refractivity contribution is -0.164. The lowest BCUT2D eigenvalue weighted by Crippen LogP contribution is -2.52. The van der Waals surface area contributed by atoms with Crippen molar-refractivity contribution in [2.45, 2.75) is 84.4 Å². The molecule has 8 heteroatoms. The third-order valence-electron chi connectivity index (χ3n) is 5.24. The molecule has 0 aromatic heterocycles. The average Bonchev–Trinajstić information content (AvgIpc) is 3.32. The fourth-order valence-corrected chi connectivity index (χ4v) is 4.58. The molecule has 0 radical (unpaired) electrons. The van der Waals surface area contributed by atoms with Crippen LogP contribution in [0.15, 0.2) is 0 Å². The number of thioether (sulfide) groups is 1. The molecule has 2 amide bonds. The van der Waals surface area contributed by atoms with Gasteiger partial charge >= 0.3 is 5.97 Å². The molecule has 2 heterocycles. The second-order valence-corrected chi connectivity index (χ2v) is 9.93. The zero-order valence-corrected chi connectivity index (χ0v) is 19.0. The molecule has 0 spiro atoms. The number of amides is 2. The van der Waals surface area contributed by atoms with Crippen LogP contribution in [0.5, 0.6) is 0 Å². The Kier molecular flexibility index (Phi) is 8.14. The summed E-state index contributed by atoms with van der Waals surface area (Å²) in [7, 11) is 0. The molecule has 0 aliphatic carbocycles.